The Morgan fingerprint density at radius 2 is 2.10 bits per heavy atom. The lowest BCUT2D eigenvalue weighted by Crippen LogP contribution is -2.34. The molecule has 156 valence electrons. The van der Waals surface area contributed by atoms with E-state index in [2.05, 4.69) is 4.72 Å². The molecule has 2 heterocycles. The Hall–Kier alpha value is -2.72. The van der Waals surface area contributed by atoms with Crippen molar-refractivity contribution in [2.24, 2.45) is 0 Å². The maximum Gasteiger partial charge on any atom is 0.339 e. The maximum absolute atomic E-state index is 13.7. The van der Waals surface area contributed by atoms with Gasteiger partial charge in [-0.15, -0.1) is 0 Å². The fraction of sp³-hybridized carbons (Fsp3) is 0.368. The zero-order valence-electron chi connectivity index (χ0n) is 15.8. The standard InChI is InChI=1S/C19H21FN2O6S/c1-13-10-15(11-19(24)27-13)28-14-7-9-22(12-14)18(23)6-8-21-29(25,26)17-5-3-2-4-16(17)20/h2-5,10-11,14,21H,6-9,12H2,1H3. The third-order valence-corrected chi connectivity index (χ3v) is 5.92. The molecule has 1 amide bonds. The molecule has 2 aromatic rings. The number of halogens is 1. The van der Waals surface area contributed by atoms with Crippen molar-refractivity contribution in [2.75, 3.05) is 19.6 Å². The summed E-state index contributed by atoms with van der Waals surface area (Å²) < 4.78 is 50.8. The molecule has 0 aliphatic carbocycles. The molecule has 1 fully saturated rings. The van der Waals surface area contributed by atoms with Gasteiger partial charge in [0.05, 0.1) is 12.6 Å². The second kappa shape index (κ2) is 8.75. The summed E-state index contributed by atoms with van der Waals surface area (Å²) in [5, 5.41) is 0. The summed E-state index contributed by atoms with van der Waals surface area (Å²) in [6, 6.07) is 7.88. The van der Waals surface area contributed by atoms with Gasteiger partial charge in [-0.2, -0.15) is 0 Å². The van der Waals surface area contributed by atoms with E-state index in [1.54, 1.807) is 17.9 Å². The van der Waals surface area contributed by atoms with Crippen molar-refractivity contribution in [1.29, 1.82) is 0 Å². The smallest absolute Gasteiger partial charge is 0.339 e. The van der Waals surface area contributed by atoms with E-state index in [1.165, 1.54) is 18.2 Å². The van der Waals surface area contributed by atoms with E-state index in [0.717, 1.165) is 12.1 Å². The second-order valence-corrected chi connectivity index (χ2v) is 8.40. The van der Waals surface area contributed by atoms with E-state index in [0.29, 0.717) is 31.0 Å². The lowest BCUT2D eigenvalue weighted by Gasteiger charge is -2.17. The highest BCUT2D eigenvalue weighted by Crippen LogP contribution is 2.19. The number of carbonyl (C=O) groups is 1. The molecule has 10 heteroatoms. The van der Waals surface area contributed by atoms with Gasteiger partial charge in [-0.05, 0) is 19.1 Å². The SMILES string of the molecule is Cc1cc(OC2CCN(C(=O)CCNS(=O)(=O)c3ccccc3F)C2)cc(=O)o1. The zero-order chi connectivity index (χ0) is 21.0. The molecule has 0 radical (unpaired) electrons. The number of hydrogen-bond acceptors (Lipinski definition) is 6. The van der Waals surface area contributed by atoms with Crippen molar-refractivity contribution in [1.82, 2.24) is 9.62 Å². The third kappa shape index (κ3) is 5.42. The monoisotopic (exact) mass is 424 g/mol. The molecule has 0 bridgehead atoms. The summed E-state index contributed by atoms with van der Waals surface area (Å²) in [5.41, 5.74) is -0.506. The first-order valence-electron chi connectivity index (χ1n) is 9.05. The first-order valence-corrected chi connectivity index (χ1v) is 10.5. The lowest BCUT2D eigenvalue weighted by molar-refractivity contribution is -0.130. The van der Waals surface area contributed by atoms with Crippen LogP contribution in [0.3, 0.4) is 0 Å². The lowest BCUT2D eigenvalue weighted by atomic mass is 10.3. The molecular weight excluding hydrogens is 403 g/mol. The highest BCUT2D eigenvalue weighted by molar-refractivity contribution is 7.89. The van der Waals surface area contributed by atoms with Crippen LogP contribution in [0.4, 0.5) is 4.39 Å². The Balaban J connectivity index is 1.49. The van der Waals surface area contributed by atoms with Crippen LogP contribution in [0, 0.1) is 12.7 Å². The molecule has 1 aromatic heterocycles. The Morgan fingerprint density at radius 1 is 1.34 bits per heavy atom. The van der Waals surface area contributed by atoms with Gasteiger partial charge in [0.15, 0.2) is 0 Å². The Morgan fingerprint density at radius 3 is 2.83 bits per heavy atom. The van der Waals surface area contributed by atoms with Crippen molar-refractivity contribution >= 4 is 15.9 Å². The van der Waals surface area contributed by atoms with Gasteiger partial charge in [0.1, 0.15) is 28.3 Å². The molecule has 3 rings (SSSR count). The molecule has 1 aromatic carbocycles. The summed E-state index contributed by atoms with van der Waals surface area (Å²) in [4.78, 5) is 24.8. The van der Waals surface area contributed by atoms with E-state index < -0.39 is 26.4 Å². The van der Waals surface area contributed by atoms with Gasteiger partial charge in [-0.1, -0.05) is 12.1 Å². The van der Waals surface area contributed by atoms with Gasteiger partial charge >= 0.3 is 5.63 Å². The number of nitrogens with one attached hydrogen (secondary N) is 1. The van der Waals surface area contributed by atoms with Crippen LogP contribution in [0.5, 0.6) is 5.75 Å². The molecule has 0 saturated carbocycles. The average Bonchev–Trinajstić information content (AvgIpc) is 3.09. The predicted octanol–water partition coefficient (Wildman–Crippen LogP) is 1.44. The second-order valence-electron chi connectivity index (χ2n) is 6.67. The largest absolute Gasteiger partial charge is 0.488 e. The predicted molar refractivity (Wildman–Crippen MR) is 102 cm³/mol. The number of sulfonamides is 1. The summed E-state index contributed by atoms with van der Waals surface area (Å²) >= 11 is 0. The molecule has 0 spiro atoms. The van der Waals surface area contributed by atoms with Gasteiger partial charge in [0, 0.05) is 32.0 Å². The normalized spacial score (nSPS) is 16.8. The zero-order valence-corrected chi connectivity index (χ0v) is 16.6. The van der Waals surface area contributed by atoms with Crippen molar-refractivity contribution in [3.63, 3.8) is 0 Å². The van der Waals surface area contributed by atoms with E-state index in [4.69, 9.17) is 9.15 Å². The Labute approximate surface area is 167 Å². The molecule has 1 N–H and O–H groups in total. The number of rotatable bonds is 7. The molecule has 1 aliphatic heterocycles. The fourth-order valence-electron chi connectivity index (χ4n) is 3.08. The number of hydrogen-bond donors (Lipinski definition) is 1. The number of likely N-dealkylation sites (tertiary alicyclic amines) is 1. The molecule has 8 nitrogen and oxygen atoms in total. The van der Waals surface area contributed by atoms with Crippen LogP contribution in [-0.4, -0.2) is 45.0 Å². The molecule has 1 aliphatic rings. The topological polar surface area (TPSA) is 106 Å². The minimum Gasteiger partial charge on any atom is -0.488 e. The van der Waals surface area contributed by atoms with E-state index in [1.807, 2.05) is 0 Å². The number of carbonyl (C=O) groups excluding carboxylic acids is 1. The number of amides is 1. The summed E-state index contributed by atoms with van der Waals surface area (Å²) in [7, 11) is -4.03. The van der Waals surface area contributed by atoms with E-state index >= 15 is 0 Å². The molecule has 1 saturated heterocycles. The first-order chi connectivity index (χ1) is 13.7. The third-order valence-electron chi connectivity index (χ3n) is 4.42. The van der Waals surface area contributed by atoms with Gasteiger partial charge in [0.25, 0.3) is 0 Å². The maximum atomic E-state index is 13.7. The summed E-state index contributed by atoms with van der Waals surface area (Å²) in [6.45, 7) is 2.29. The number of ether oxygens (including phenoxy) is 1. The molecule has 1 atom stereocenters. The molecular formula is C19H21FN2O6S. The minimum atomic E-state index is -4.03. The average molecular weight is 424 g/mol. The van der Waals surface area contributed by atoms with E-state index in [-0.39, 0.29) is 25.0 Å². The Kier molecular flexibility index (Phi) is 6.33. The van der Waals surface area contributed by atoms with Gasteiger partial charge in [-0.25, -0.2) is 22.3 Å². The van der Waals surface area contributed by atoms with Crippen LogP contribution < -0.4 is 15.1 Å². The number of benzene rings is 1. The highest BCUT2D eigenvalue weighted by Gasteiger charge is 2.28. The van der Waals surface area contributed by atoms with Gasteiger partial charge < -0.3 is 14.1 Å². The number of nitrogens with zero attached hydrogens (tertiary/aromatic N) is 1. The van der Waals surface area contributed by atoms with Crippen LogP contribution in [0.25, 0.3) is 0 Å². The van der Waals surface area contributed by atoms with Crippen LogP contribution >= 0.6 is 0 Å². The number of aryl methyl sites for hydroxylation is 1. The quantitative estimate of drug-likeness (QED) is 0.721. The van der Waals surface area contributed by atoms with Crippen molar-refractivity contribution in [3.8, 4) is 5.75 Å². The van der Waals surface area contributed by atoms with Crippen LogP contribution in [0.15, 0.2) is 50.5 Å². The Bertz CT molecular complexity index is 1050. The minimum absolute atomic E-state index is 0.0611. The van der Waals surface area contributed by atoms with Crippen molar-refractivity contribution in [3.05, 3.63) is 58.4 Å². The van der Waals surface area contributed by atoms with Crippen molar-refractivity contribution in [2.45, 2.75) is 30.8 Å². The van der Waals surface area contributed by atoms with Crippen LogP contribution in [0.2, 0.25) is 0 Å². The molecule has 29 heavy (non-hydrogen) atoms. The summed E-state index contributed by atoms with van der Waals surface area (Å²) in [5.74, 6) is -0.275. The molecule has 1 unspecified atom stereocenters. The highest BCUT2D eigenvalue weighted by atomic mass is 32.2. The van der Waals surface area contributed by atoms with Gasteiger partial charge in [-0.3, -0.25) is 4.79 Å². The fourth-order valence-corrected chi connectivity index (χ4v) is 4.19. The van der Waals surface area contributed by atoms with Crippen LogP contribution in [0.1, 0.15) is 18.6 Å². The van der Waals surface area contributed by atoms with Crippen molar-refractivity contribution < 1.29 is 26.8 Å². The van der Waals surface area contributed by atoms with E-state index in [9.17, 15) is 22.4 Å². The van der Waals surface area contributed by atoms with Gasteiger partial charge in [0.2, 0.25) is 15.9 Å². The van der Waals surface area contributed by atoms with Crippen LogP contribution in [-0.2, 0) is 14.8 Å². The summed E-state index contributed by atoms with van der Waals surface area (Å²) in [6.07, 6.45) is 0.260. The first kappa shape index (κ1) is 21.0.